The van der Waals surface area contributed by atoms with Gasteiger partial charge in [0.1, 0.15) is 0 Å². The Bertz CT molecular complexity index is 555. The second-order valence-electron chi connectivity index (χ2n) is 5.64. The van der Waals surface area contributed by atoms with E-state index < -0.39 is 0 Å². The fourth-order valence-electron chi connectivity index (χ4n) is 2.86. The van der Waals surface area contributed by atoms with Crippen LogP contribution in [0.4, 0.5) is 0 Å². The van der Waals surface area contributed by atoms with Gasteiger partial charge in [-0.05, 0) is 39.7 Å². The second kappa shape index (κ2) is 7.42. The van der Waals surface area contributed by atoms with Crippen molar-refractivity contribution in [3.63, 3.8) is 0 Å². The number of thiazole rings is 1. The van der Waals surface area contributed by atoms with Crippen molar-refractivity contribution in [3.05, 3.63) is 20.2 Å². The summed E-state index contributed by atoms with van der Waals surface area (Å²) in [6, 6.07) is 0.262. The smallest absolute Gasteiger partial charge is 0.307 e. The summed E-state index contributed by atoms with van der Waals surface area (Å²) >= 11 is 1.25. The highest BCUT2D eigenvalue weighted by Crippen LogP contribution is 2.23. The molecule has 120 valence electrons. The first-order valence-corrected chi connectivity index (χ1v) is 7.92. The molecule has 1 saturated heterocycles. The van der Waals surface area contributed by atoms with Gasteiger partial charge in [-0.1, -0.05) is 11.3 Å². The number of amides is 1. The lowest BCUT2D eigenvalue weighted by molar-refractivity contribution is -0.132. The summed E-state index contributed by atoms with van der Waals surface area (Å²) in [5.41, 5.74) is 6.66. The standard InChI is InChI=1S/C14H23N3O2S.ClH/c1-9-6-12(7-15)8-17(9)13(18)4-5-16-10(2)11(3)20-14(16)19;/h9,12H,4-8,15H2,1-3H3;1H. The van der Waals surface area contributed by atoms with Crippen LogP contribution in [0.15, 0.2) is 4.79 Å². The van der Waals surface area contributed by atoms with E-state index in [1.54, 1.807) is 4.57 Å². The van der Waals surface area contributed by atoms with Gasteiger partial charge in [-0.3, -0.25) is 9.59 Å². The van der Waals surface area contributed by atoms with Gasteiger partial charge < -0.3 is 15.2 Å². The van der Waals surface area contributed by atoms with Crippen LogP contribution in [0, 0.1) is 19.8 Å². The van der Waals surface area contributed by atoms with Crippen LogP contribution >= 0.6 is 23.7 Å². The molecule has 0 aromatic carbocycles. The summed E-state index contributed by atoms with van der Waals surface area (Å²) in [7, 11) is 0. The Kier molecular flexibility index (Phi) is 6.43. The van der Waals surface area contributed by atoms with Crippen LogP contribution < -0.4 is 10.6 Å². The number of nitrogens with two attached hydrogens (primary N) is 1. The number of hydrogen-bond acceptors (Lipinski definition) is 4. The highest BCUT2D eigenvalue weighted by Gasteiger charge is 2.31. The summed E-state index contributed by atoms with van der Waals surface area (Å²) in [6.07, 6.45) is 1.37. The normalized spacial score (nSPS) is 21.4. The molecule has 7 heteroatoms. The molecule has 21 heavy (non-hydrogen) atoms. The highest BCUT2D eigenvalue weighted by molar-refractivity contribution is 7.09. The first kappa shape index (κ1) is 18.2. The van der Waals surface area contributed by atoms with Crippen molar-refractivity contribution in [3.8, 4) is 0 Å². The summed E-state index contributed by atoms with van der Waals surface area (Å²) in [4.78, 5) is 27.1. The Hall–Kier alpha value is -0.850. The highest BCUT2D eigenvalue weighted by atomic mass is 35.5. The van der Waals surface area contributed by atoms with Crippen molar-refractivity contribution < 1.29 is 4.79 Å². The van der Waals surface area contributed by atoms with Gasteiger partial charge in [0.15, 0.2) is 0 Å². The third-order valence-electron chi connectivity index (χ3n) is 4.24. The van der Waals surface area contributed by atoms with Crippen LogP contribution in [0.25, 0.3) is 0 Å². The molecule has 1 amide bonds. The largest absolute Gasteiger partial charge is 0.340 e. The van der Waals surface area contributed by atoms with Gasteiger partial charge in [0.2, 0.25) is 5.91 Å². The molecular formula is C14H24ClN3O2S. The van der Waals surface area contributed by atoms with Gasteiger partial charge in [-0.2, -0.15) is 0 Å². The predicted molar refractivity (Wildman–Crippen MR) is 88.3 cm³/mol. The lowest BCUT2D eigenvalue weighted by atomic mass is 10.1. The molecule has 2 unspecified atom stereocenters. The van der Waals surface area contributed by atoms with Crippen molar-refractivity contribution in [2.75, 3.05) is 13.1 Å². The monoisotopic (exact) mass is 333 g/mol. The molecule has 1 aliphatic heterocycles. The fraction of sp³-hybridized carbons (Fsp3) is 0.714. The van der Waals surface area contributed by atoms with Gasteiger partial charge in [-0.15, -0.1) is 12.4 Å². The zero-order chi connectivity index (χ0) is 14.9. The molecule has 1 aromatic rings. The Morgan fingerprint density at radius 1 is 1.43 bits per heavy atom. The predicted octanol–water partition coefficient (Wildman–Crippen LogP) is 1.53. The van der Waals surface area contributed by atoms with Crippen molar-refractivity contribution in [1.29, 1.82) is 0 Å². The van der Waals surface area contributed by atoms with Gasteiger partial charge >= 0.3 is 4.87 Å². The molecule has 1 aliphatic rings. The van der Waals surface area contributed by atoms with E-state index in [2.05, 4.69) is 6.92 Å². The second-order valence-corrected chi connectivity index (χ2v) is 6.81. The summed E-state index contributed by atoms with van der Waals surface area (Å²) in [5.74, 6) is 0.547. The number of halogens is 1. The zero-order valence-corrected chi connectivity index (χ0v) is 14.4. The third kappa shape index (κ3) is 3.87. The Morgan fingerprint density at radius 3 is 2.57 bits per heavy atom. The molecule has 0 radical (unpaired) electrons. The molecule has 2 N–H and O–H groups in total. The van der Waals surface area contributed by atoms with Gasteiger partial charge in [0.05, 0.1) is 0 Å². The van der Waals surface area contributed by atoms with E-state index in [-0.39, 0.29) is 29.2 Å². The van der Waals surface area contributed by atoms with Crippen LogP contribution in [0.1, 0.15) is 30.3 Å². The minimum Gasteiger partial charge on any atom is -0.340 e. The number of aromatic nitrogens is 1. The number of hydrogen-bond donors (Lipinski definition) is 1. The number of aryl methyl sites for hydroxylation is 1. The van der Waals surface area contributed by atoms with Crippen LogP contribution in [0.2, 0.25) is 0 Å². The van der Waals surface area contributed by atoms with E-state index in [1.165, 1.54) is 11.3 Å². The lowest BCUT2D eigenvalue weighted by Gasteiger charge is -2.21. The molecule has 2 rings (SSSR count). The average molecular weight is 334 g/mol. The van der Waals surface area contributed by atoms with Crippen LogP contribution in [0.3, 0.4) is 0 Å². The topological polar surface area (TPSA) is 68.3 Å². The number of rotatable bonds is 4. The van der Waals surface area contributed by atoms with E-state index in [0.29, 0.717) is 25.4 Å². The minimum atomic E-state index is 0. The number of carbonyl (C=O) groups excluding carboxylic acids is 1. The maximum Gasteiger partial charge on any atom is 0.307 e. The van der Waals surface area contributed by atoms with Crippen molar-refractivity contribution in [2.24, 2.45) is 11.7 Å². The average Bonchev–Trinajstić information content (AvgIpc) is 2.89. The zero-order valence-electron chi connectivity index (χ0n) is 12.8. The van der Waals surface area contributed by atoms with Crippen molar-refractivity contribution in [2.45, 2.75) is 46.2 Å². The molecule has 0 spiro atoms. The molecule has 1 aromatic heterocycles. The first-order chi connectivity index (χ1) is 9.43. The van der Waals surface area contributed by atoms with Gasteiger partial charge in [-0.25, -0.2) is 0 Å². The SMILES string of the molecule is Cc1sc(=O)n(CCC(=O)N2CC(CN)CC2C)c1C.Cl. The molecule has 1 fully saturated rings. The summed E-state index contributed by atoms with van der Waals surface area (Å²) in [6.45, 7) is 7.81. The molecule has 2 heterocycles. The lowest BCUT2D eigenvalue weighted by Crippen LogP contribution is -2.35. The number of likely N-dealkylation sites (tertiary alicyclic amines) is 1. The maximum absolute atomic E-state index is 12.3. The van der Waals surface area contributed by atoms with E-state index in [4.69, 9.17) is 5.73 Å². The quantitative estimate of drug-likeness (QED) is 0.908. The molecular weight excluding hydrogens is 310 g/mol. The Balaban J connectivity index is 0.00000220. The summed E-state index contributed by atoms with van der Waals surface area (Å²) in [5, 5.41) is 0. The maximum atomic E-state index is 12.3. The summed E-state index contributed by atoms with van der Waals surface area (Å²) < 4.78 is 1.71. The van der Waals surface area contributed by atoms with E-state index in [0.717, 1.165) is 23.5 Å². The Labute approximate surface area is 135 Å². The van der Waals surface area contributed by atoms with Crippen molar-refractivity contribution in [1.82, 2.24) is 9.47 Å². The minimum absolute atomic E-state index is 0. The van der Waals surface area contributed by atoms with E-state index in [1.807, 2.05) is 18.7 Å². The van der Waals surface area contributed by atoms with Gasteiger partial charge in [0.25, 0.3) is 0 Å². The molecule has 0 bridgehead atoms. The number of carbonyl (C=O) groups is 1. The van der Waals surface area contributed by atoms with E-state index in [9.17, 15) is 9.59 Å². The molecule has 0 saturated carbocycles. The molecule has 5 nitrogen and oxygen atoms in total. The van der Waals surface area contributed by atoms with Crippen molar-refractivity contribution >= 4 is 29.7 Å². The molecule has 0 aliphatic carbocycles. The van der Waals surface area contributed by atoms with Crippen LogP contribution in [-0.4, -0.2) is 34.5 Å². The van der Waals surface area contributed by atoms with Crippen LogP contribution in [-0.2, 0) is 11.3 Å². The first-order valence-electron chi connectivity index (χ1n) is 7.10. The van der Waals surface area contributed by atoms with E-state index >= 15 is 0 Å². The fourth-order valence-corrected chi connectivity index (χ4v) is 3.72. The Morgan fingerprint density at radius 2 is 2.10 bits per heavy atom. The molecule has 2 atom stereocenters. The van der Waals surface area contributed by atoms with Crippen LogP contribution in [0.5, 0.6) is 0 Å². The van der Waals surface area contributed by atoms with Gasteiger partial charge in [0, 0.05) is 36.1 Å². The number of nitrogens with zero attached hydrogens (tertiary/aromatic N) is 2. The third-order valence-corrected chi connectivity index (χ3v) is 5.24.